The second kappa shape index (κ2) is 12.5. The number of anilines is 2. The summed E-state index contributed by atoms with van der Waals surface area (Å²) < 4.78 is 36.2. The summed E-state index contributed by atoms with van der Waals surface area (Å²) in [5.74, 6) is -0.394. The number of aliphatic hydroxyl groups is 1. The summed E-state index contributed by atoms with van der Waals surface area (Å²) in [5.41, 5.74) is 0.970. The van der Waals surface area contributed by atoms with Crippen molar-refractivity contribution >= 4 is 44.1 Å². The first kappa shape index (κ1) is 30.8. The van der Waals surface area contributed by atoms with Crippen molar-refractivity contribution in [3.8, 4) is 5.75 Å². The van der Waals surface area contributed by atoms with Crippen molar-refractivity contribution in [3.05, 3.63) is 78.8 Å². The Morgan fingerprint density at radius 1 is 1.18 bits per heavy atom. The summed E-state index contributed by atoms with van der Waals surface area (Å²) in [6, 6.07) is 17.1. The molecular weight excluding hydrogens is 584 g/mol. The minimum Gasteiger partial charge on any atom is -0.487 e. The highest BCUT2D eigenvalue weighted by atomic mass is 32.2. The van der Waals surface area contributed by atoms with Crippen LogP contribution >= 0.6 is 0 Å². The molecule has 1 aliphatic heterocycles. The smallest absolute Gasteiger partial charge is 0.321 e. The molecule has 3 atom stereocenters. The third-order valence-electron chi connectivity index (χ3n) is 7.71. The van der Waals surface area contributed by atoms with Crippen molar-refractivity contribution in [2.45, 2.75) is 31.0 Å². The van der Waals surface area contributed by atoms with Gasteiger partial charge in [0.25, 0.3) is 15.9 Å². The van der Waals surface area contributed by atoms with Gasteiger partial charge in [0, 0.05) is 43.8 Å². The number of hydrogen-bond acceptors (Lipinski definition) is 7. The summed E-state index contributed by atoms with van der Waals surface area (Å²) in [7, 11) is -0.680. The summed E-state index contributed by atoms with van der Waals surface area (Å²) in [5, 5.41) is 14.7. The molecule has 4 aromatic rings. The normalized spacial score (nSPS) is 17.7. The fraction of sp³-hybridized carbons (Fsp3) is 0.323. The van der Waals surface area contributed by atoms with E-state index in [1.165, 1.54) is 40.2 Å². The molecule has 13 heteroatoms. The summed E-state index contributed by atoms with van der Waals surface area (Å²) >= 11 is 0. The Hall–Kier alpha value is -4.62. The Labute approximate surface area is 256 Å². The third kappa shape index (κ3) is 6.48. The predicted molar refractivity (Wildman–Crippen MR) is 167 cm³/mol. The highest BCUT2D eigenvalue weighted by Crippen LogP contribution is 2.31. The van der Waals surface area contributed by atoms with Gasteiger partial charge in [-0.25, -0.2) is 9.78 Å². The summed E-state index contributed by atoms with van der Waals surface area (Å²) in [6.07, 6.45) is 2.21. The van der Waals surface area contributed by atoms with Crippen LogP contribution in [0.15, 0.2) is 78.2 Å². The fourth-order valence-electron chi connectivity index (χ4n) is 5.14. The number of sulfonamides is 1. The molecule has 3 N–H and O–H groups in total. The van der Waals surface area contributed by atoms with E-state index in [-0.39, 0.29) is 53.7 Å². The molecule has 2 heterocycles. The largest absolute Gasteiger partial charge is 0.487 e. The number of carbonyl (C=O) groups excluding carboxylic acids is 2. The van der Waals surface area contributed by atoms with Gasteiger partial charge in [-0.05, 0) is 36.6 Å². The van der Waals surface area contributed by atoms with E-state index in [1.807, 2.05) is 49.4 Å². The lowest BCUT2D eigenvalue weighted by molar-refractivity contribution is 0.0371. The molecule has 232 valence electrons. The first-order chi connectivity index (χ1) is 21.0. The minimum absolute atomic E-state index is 0.131. The Kier molecular flexibility index (Phi) is 8.79. The van der Waals surface area contributed by atoms with E-state index in [0.717, 1.165) is 10.8 Å². The number of carbonyl (C=O) groups is 2. The van der Waals surface area contributed by atoms with Crippen LogP contribution in [-0.2, 0) is 17.1 Å². The molecule has 0 fully saturated rings. The van der Waals surface area contributed by atoms with Gasteiger partial charge in [0.05, 0.1) is 36.8 Å². The van der Waals surface area contributed by atoms with Crippen molar-refractivity contribution in [3.63, 3.8) is 0 Å². The van der Waals surface area contributed by atoms with Crippen LogP contribution in [0.1, 0.15) is 24.2 Å². The van der Waals surface area contributed by atoms with Crippen molar-refractivity contribution in [1.29, 1.82) is 0 Å². The first-order valence-electron chi connectivity index (χ1n) is 14.2. The average Bonchev–Trinajstić information content (AvgIpc) is 3.46. The average molecular weight is 621 g/mol. The number of hydrogen-bond donors (Lipinski definition) is 3. The lowest BCUT2D eigenvalue weighted by Gasteiger charge is -2.38. The highest BCUT2D eigenvalue weighted by molar-refractivity contribution is 7.92. The topological polar surface area (TPSA) is 146 Å². The number of aliphatic hydroxyl groups excluding tert-OH is 1. The van der Waals surface area contributed by atoms with Crippen LogP contribution in [0.4, 0.5) is 16.2 Å². The van der Waals surface area contributed by atoms with E-state index in [2.05, 4.69) is 15.0 Å². The molecule has 0 unspecified atom stereocenters. The molecule has 0 radical (unpaired) electrons. The van der Waals surface area contributed by atoms with Gasteiger partial charge in [0.2, 0.25) is 0 Å². The molecule has 3 aromatic carbocycles. The van der Waals surface area contributed by atoms with Crippen LogP contribution < -0.4 is 14.8 Å². The predicted octanol–water partition coefficient (Wildman–Crippen LogP) is 3.76. The quantitative estimate of drug-likeness (QED) is 0.272. The van der Waals surface area contributed by atoms with E-state index in [4.69, 9.17) is 4.74 Å². The van der Waals surface area contributed by atoms with E-state index in [1.54, 1.807) is 25.9 Å². The monoisotopic (exact) mass is 620 g/mol. The lowest BCUT2D eigenvalue weighted by atomic mass is 9.99. The zero-order valence-corrected chi connectivity index (χ0v) is 25.8. The van der Waals surface area contributed by atoms with Gasteiger partial charge in [-0.3, -0.25) is 9.52 Å². The Balaban J connectivity index is 1.40. The van der Waals surface area contributed by atoms with Gasteiger partial charge in [-0.2, -0.15) is 8.42 Å². The molecule has 5 rings (SSSR count). The number of likely N-dealkylation sites (N-methyl/N-ethyl adjacent to an activating group) is 1. The first-order valence-corrected chi connectivity index (χ1v) is 15.7. The van der Waals surface area contributed by atoms with Gasteiger partial charge in [0.15, 0.2) is 5.03 Å². The second-order valence-corrected chi connectivity index (χ2v) is 12.8. The molecule has 0 bridgehead atoms. The number of rotatable bonds is 8. The SMILES string of the molecule is C[C@H](CO)N1C[C@H](C)[C@@H](CN(C)C(=O)Nc2cccc3ccccc23)Oc2ccc(NS(=O)(=O)c3cn(C)cn3)cc2C1=O. The summed E-state index contributed by atoms with van der Waals surface area (Å²) in [4.78, 5) is 34.0. The molecule has 0 spiro atoms. The van der Waals surface area contributed by atoms with Crippen molar-refractivity contribution in [2.24, 2.45) is 13.0 Å². The van der Waals surface area contributed by atoms with Gasteiger partial charge in [-0.15, -0.1) is 0 Å². The number of fused-ring (bicyclic) bond motifs is 2. The van der Waals surface area contributed by atoms with Gasteiger partial charge in [0.1, 0.15) is 11.9 Å². The third-order valence-corrected chi connectivity index (χ3v) is 8.97. The molecule has 1 aliphatic rings. The molecule has 0 aliphatic carbocycles. The van der Waals surface area contributed by atoms with Crippen LogP contribution in [0, 0.1) is 5.92 Å². The molecular formula is C31H36N6O6S. The Bertz CT molecular complexity index is 1790. The number of amides is 3. The summed E-state index contributed by atoms with van der Waals surface area (Å²) in [6.45, 7) is 3.83. The van der Waals surface area contributed by atoms with Crippen LogP contribution in [0.3, 0.4) is 0 Å². The molecule has 0 saturated carbocycles. The van der Waals surface area contributed by atoms with E-state index < -0.39 is 28.1 Å². The zero-order chi connectivity index (χ0) is 31.6. The van der Waals surface area contributed by atoms with Crippen molar-refractivity contribution in [1.82, 2.24) is 19.4 Å². The maximum Gasteiger partial charge on any atom is 0.321 e. The molecule has 3 amide bonds. The molecule has 12 nitrogen and oxygen atoms in total. The van der Waals surface area contributed by atoms with Crippen LogP contribution in [0.5, 0.6) is 5.75 Å². The van der Waals surface area contributed by atoms with E-state index in [9.17, 15) is 23.1 Å². The van der Waals surface area contributed by atoms with Gasteiger partial charge in [-0.1, -0.05) is 43.3 Å². The number of imidazole rings is 1. The van der Waals surface area contributed by atoms with Crippen molar-refractivity contribution in [2.75, 3.05) is 36.8 Å². The number of ether oxygens (including phenoxy) is 1. The molecule has 44 heavy (non-hydrogen) atoms. The molecule has 1 aromatic heterocycles. The zero-order valence-electron chi connectivity index (χ0n) is 25.0. The number of urea groups is 1. The maximum absolute atomic E-state index is 13.7. The molecule has 0 saturated heterocycles. The van der Waals surface area contributed by atoms with E-state index >= 15 is 0 Å². The number of nitrogens with zero attached hydrogens (tertiary/aromatic N) is 4. The number of aromatic nitrogens is 2. The van der Waals surface area contributed by atoms with Gasteiger partial charge >= 0.3 is 6.03 Å². The van der Waals surface area contributed by atoms with Crippen LogP contribution in [-0.4, -0.2) is 83.7 Å². The fourth-order valence-corrected chi connectivity index (χ4v) is 6.17. The van der Waals surface area contributed by atoms with Crippen LogP contribution in [0.25, 0.3) is 10.8 Å². The minimum atomic E-state index is -4.01. The Morgan fingerprint density at radius 3 is 2.66 bits per heavy atom. The number of benzene rings is 3. The number of nitrogens with one attached hydrogen (secondary N) is 2. The van der Waals surface area contributed by atoms with E-state index in [0.29, 0.717) is 5.69 Å². The number of aryl methyl sites for hydroxylation is 1. The van der Waals surface area contributed by atoms with Crippen LogP contribution in [0.2, 0.25) is 0 Å². The van der Waals surface area contributed by atoms with Gasteiger partial charge < -0.3 is 29.5 Å². The Morgan fingerprint density at radius 2 is 1.93 bits per heavy atom. The second-order valence-electron chi connectivity index (χ2n) is 11.2. The maximum atomic E-state index is 13.7. The lowest BCUT2D eigenvalue weighted by Crippen LogP contribution is -2.50. The standard InChI is InChI=1S/C31H36N6O6S/c1-20-15-37(21(2)18-38)30(39)25-14-23(34-44(41,42)29-17-35(3)19-32-29)12-13-27(25)43-28(20)16-36(4)31(40)33-26-11-7-9-22-8-5-6-10-24(22)26/h5-14,17,19-21,28,34,38H,15-16,18H2,1-4H3,(H,33,40)/t20-,21+,28+/m0/s1. The van der Waals surface area contributed by atoms with Crippen molar-refractivity contribution < 1.29 is 27.9 Å². The highest BCUT2D eigenvalue weighted by Gasteiger charge is 2.34.